The Labute approximate surface area is 271 Å². The fourth-order valence-corrected chi connectivity index (χ4v) is 5.82. The quantitative estimate of drug-likeness (QED) is 0.0893. The number of anilines is 3. The van der Waals surface area contributed by atoms with Gasteiger partial charge in [-0.2, -0.15) is 15.1 Å². The highest BCUT2D eigenvalue weighted by atomic mass is 35.5. The minimum Gasteiger partial charge on any atom is -0.493 e. The Morgan fingerprint density at radius 2 is 1.56 bits per heavy atom. The van der Waals surface area contributed by atoms with E-state index >= 15 is 0 Å². The van der Waals surface area contributed by atoms with Crippen LogP contribution in [0.2, 0.25) is 5.02 Å². The van der Waals surface area contributed by atoms with Crippen molar-refractivity contribution in [2.24, 2.45) is 5.10 Å². The van der Waals surface area contributed by atoms with E-state index in [1.165, 1.54) is 25.7 Å². The van der Waals surface area contributed by atoms with Crippen LogP contribution >= 0.6 is 11.6 Å². The van der Waals surface area contributed by atoms with Crippen molar-refractivity contribution < 1.29 is 18.9 Å². The Hall–Kier alpha value is -4.18. The molecule has 1 N–H and O–H groups in total. The Balaban J connectivity index is 1.23. The van der Waals surface area contributed by atoms with Crippen molar-refractivity contribution in [3.63, 3.8) is 0 Å². The second-order valence-electron chi connectivity index (χ2n) is 11.1. The Morgan fingerprint density at radius 1 is 0.844 bits per heavy atom. The molecule has 1 aromatic heterocycles. The van der Waals surface area contributed by atoms with E-state index in [2.05, 4.69) is 26.9 Å². The van der Waals surface area contributed by atoms with Gasteiger partial charge in [-0.1, -0.05) is 23.7 Å². The predicted molar refractivity (Wildman–Crippen MR) is 181 cm³/mol. The molecule has 0 spiro atoms. The van der Waals surface area contributed by atoms with Gasteiger partial charge < -0.3 is 28.7 Å². The fraction of sp³-hybridized carbons (Fsp3) is 0.441. The zero-order valence-electron chi connectivity index (χ0n) is 26.3. The number of piperidine rings is 2. The standard InChI is InChI=1S/C34H43ClN6O4/c1-4-11-25-12-13-28(29(21-25)42-2)44-18-19-45-33-27(35)20-26(22-30(33)43-3)24-36-39-31-23-32(40-14-7-5-8-15-40)38-34(37-31)41-16-9-6-10-17-41/h4,12-13,20-24H,1,5-11,14-19H2,2-3H3,(H,37,38,39). The van der Waals surface area contributed by atoms with E-state index in [9.17, 15) is 0 Å². The molecule has 2 aromatic carbocycles. The van der Waals surface area contributed by atoms with Crippen molar-refractivity contribution in [2.75, 3.05) is 68.8 Å². The highest BCUT2D eigenvalue weighted by Crippen LogP contribution is 2.36. The molecule has 0 saturated carbocycles. The average Bonchev–Trinajstić information content (AvgIpc) is 3.08. The summed E-state index contributed by atoms with van der Waals surface area (Å²) in [6.07, 6.45) is 11.5. The molecule has 3 heterocycles. The lowest BCUT2D eigenvalue weighted by atomic mass is 10.1. The van der Waals surface area contributed by atoms with E-state index in [0.717, 1.165) is 68.3 Å². The number of aromatic nitrogens is 2. The van der Waals surface area contributed by atoms with Gasteiger partial charge in [0, 0.05) is 32.2 Å². The first-order chi connectivity index (χ1) is 22.1. The van der Waals surface area contributed by atoms with E-state index in [0.29, 0.717) is 40.4 Å². The van der Waals surface area contributed by atoms with Crippen molar-refractivity contribution in [3.8, 4) is 23.0 Å². The van der Waals surface area contributed by atoms with Gasteiger partial charge in [0.2, 0.25) is 5.95 Å². The van der Waals surface area contributed by atoms with E-state index in [1.54, 1.807) is 26.5 Å². The van der Waals surface area contributed by atoms with Crippen LogP contribution in [0.3, 0.4) is 0 Å². The summed E-state index contributed by atoms with van der Waals surface area (Å²) in [4.78, 5) is 14.4. The monoisotopic (exact) mass is 634 g/mol. The minimum atomic E-state index is 0.259. The van der Waals surface area contributed by atoms with Gasteiger partial charge in [-0.05, 0) is 80.3 Å². The second kappa shape index (κ2) is 16.2. The number of hydrogen-bond donors (Lipinski definition) is 1. The molecule has 2 aliphatic rings. The van der Waals surface area contributed by atoms with Crippen LogP contribution in [0.15, 0.2) is 54.2 Å². The van der Waals surface area contributed by atoms with Crippen LogP contribution in [0, 0.1) is 0 Å². The third-order valence-electron chi connectivity index (χ3n) is 7.86. The number of ether oxygens (including phenoxy) is 4. The lowest BCUT2D eigenvalue weighted by molar-refractivity contribution is 0.206. The molecule has 240 valence electrons. The van der Waals surface area contributed by atoms with E-state index in [-0.39, 0.29) is 6.61 Å². The highest BCUT2D eigenvalue weighted by molar-refractivity contribution is 6.32. The summed E-state index contributed by atoms with van der Waals surface area (Å²) < 4.78 is 22.9. The Kier molecular flexibility index (Phi) is 11.6. The van der Waals surface area contributed by atoms with Gasteiger partial charge in [-0.25, -0.2) is 0 Å². The number of benzene rings is 2. The summed E-state index contributed by atoms with van der Waals surface area (Å²) in [5.74, 6) is 4.60. The SMILES string of the molecule is C=CCc1ccc(OCCOc2c(Cl)cc(C=NNc3cc(N4CCCCC4)nc(N4CCCCC4)n3)cc2OC)c(OC)c1. The van der Waals surface area contributed by atoms with Crippen LogP contribution in [0.5, 0.6) is 23.0 Å². The number of rotatable bonds is 14. The zero-order valence-corrected chi connectivity index (χ0v) is 27.0. The fourth-order valence-electron chi connectivity index (χ4n) is 5.55. The summed E-state index contributed by atoms with van der Waals surface area (Å²) in [5.41, 5.74) is 4.97. The van der Waals surface area contributed by atoms with Crippen molar-refractivity contribution >= 4 is 35.4 Å². The average molecular weight is 635 g/mol. The number of nitrogens with one attached hydrogen (secondary N) is 1. The number of hydrazone groups is 1. The van der Waals surface area contributed by atoms with Crippen molar-refractivity contribution in [2.45, 2.75) is 44.9 Å². The Morgan fingerprint density at radius 3 is 2.27 bits per heavy atom. The molecule has 0 unspecified atom stereocenters. The van der Waals surface area contributed by atoms with Gasteiger partial charge in [-0.15, -0.1) is 6.58 Å². The molecule has 0 aliphatic carbocycles. The summed E-state index contributed by atoms with van der Waals surface area (Å²) in [7, 11) is 3.20. The molecule has 0 atom stereocenters. The minimum absolute atomic E-state index is 0.259. The van der Waals surface area contributed by atoms with Gasteiger partial charge in [0.05, 0.1) is 25.5 Å². The van der Waals surface area contributed by atoms with E-state index in [4.69, 9.17) is 40.5 Å². The third kappa shape index (κ3) is 8.72. The lowest BCUT2D eigenvalue weighted by Gasteiger charge is -2.31. The summed E-state index contributed by atoms with van der Waals surface area (Å²) >= 11 is 6.63. The van der Waals surface area contributed by atoms with Gasteiger partial charge in [0.15, 0.2) is 28.8 Å². The van der Waals surface area contributed by atoms with Crippen LogP contribution in [0.4, 0.5) is 17.6 Å². The molecule has 2 fully saturated rings. The molecule has 2 saturated heterocycles. The van der Waals surface area contributed by atoms with Crippen LogP contribution in [0.1, 0.15) is 49.7 Å². The maximum Gasteiger partial charge on any atom is 0.229 e. The number of nitrogens with zero attached hydrogens (tertiary/aromatic N) is 5. The van der Waals surface area contributed by atoms with E-state index < -0.39 is 0 Å². The van der Waals surface area contributed by atoms with Gasteiger partial charge in [0.25, 0.3) is 0 Å². The van der Waals surface area contributed by atoms with Crippen molar-refractivity contribution in [1.29, 1.82) is 0 Å². The topological polar surface area (TPSA) is 93.6 Å². The maximum atomic E-state index is 6.63. The van der Waals surface area contributed by atoms with Crippen LogP contribution in [0.25, 0.3) is 0 Å². The largest absolute Gasteiger partial charge is 0.493 e. The molecule has 0 bridgehead atoms. The molecule has 0 amide bonds. The van der Waals surface area contributed by atoms with Crippen LogP contribution in [-0.2, 0) is 6.42 Å². The third-order valence-corrected chi connectivity index (χ3v) is 8.14. The normalized spacial score (nSPS) is 15.2. The number of halogens is 1. The number of hydrogen-bond acceptors (Lipinski definition) is 10. The van der Waals surface area contributed by atoms with Crippen molar-refractivity contribution in [3.05, 3.63) is 65.2 Å². The Bertz CT molecular complexity index is 1420. The molecule has 0 radical (unpaired) electrons. The smallest absolute Gasteiger partial charge is 0.229 e. The number of allylic oxidation sites excluding steroid dienone is 1. The highest BCUT2D eigenvalue weighted by Gasteiger charge is 2.19. The van der Waals surface area contributed by atoms with Crippen LogP contribution < -0.4 is 34.2 Å². The lowest BCUT2D eigenvalue weighted by Crippen LogP contribution is -2.33. The molecular weight excluding hydrogens is 592 g/mol. The maximum absolute atomic E-state index is 6.63. The van der Waals surface area contributed by atoms with Gasteiger partial charge in [-0.3, -0.25) is 5.43 Å². The second-order valence-corrected chi connectivity index (χ2v) is 11.5. The summed E-state index contributed by atoms with van der Waals surface area (Å²) in [6, 6.07) is 11.4. The van der Waals surface area contributed by atoms with Crippen molar-refractivity contribution in [1.82, 2.24) is 9.97 Å². The van der Waals surface area contributed by atoms with Gasteiger partial charge >= 0.3 is 0 Å². The predicted octanol–water partition coefficient (Wildman–Crippen LogP) is 6.76. The molecule has 45 heavy (non-hydrogen) atoms. The summed E-state index contributed by atoms with van der Waals surface area (Å²) in [5, 5.41) is 4.89. The molecule has 5 rings (SSSR count). The van der Waals surface area contributed by atoms with E-state index in [1.807, 2.05) is 36.4 Å². The molecule has 3 aromatic rings. The molecular formula is C34H43ClN6O4. The zero-order chi connectivity index (χ0) is 31.4. The molecule has 2 aliphatic heterocycles. The summed E-state index contributed by atoms with van der Waals surface area (Å²) in [6.45, 7) is 8.30. The molecule has 10 nitrogen and oxygen atoms in total. The number of methoxy groups -OCH3 is 2. The first-order valence-electron chi connectivity index (χ1n) is 15.7. The van der Waals surface area contributed by atoms with Crippen LogP contribution in [-0.4, -0.2) is 69.8 Å². The first-order valence-corrected chi connectivity index (χ1v) is 16.0. The molecule has 11 heteroatoms. The van der Waals surface area contributed by atoms with Gasteiger partial charge in [0.1, 0.15) is 19.0 Å². The first kappa shape index (κ1) is 32.2.